The Labute approximate surface area is 127 Å². The van der Waals surface area contributed by atoms with E-state index in [0.717, 1.165) is 43.7 Å². The molecule has 1 aromatic rings. The fourth-order valence-electron chi connectivity index (χ4n) is 3.07. The molecule has 1 unspecified atom stereocenters. The molecule has 4 nitrogen and oxygen atoms in total. The topological polar surface area (TPSA) is 50.4 Å². The van der Waals surface area contributed by atoms with E-state index >= 15 is 0 Å². The second kappa shape index (κ2) is 6.94. The van der Waals surface area contributed by atoms with Gasteiger partial charge in [0.25, 0.3) is 0 Å². The van der Waals surface area contributed by atoms with Crippen LogP contribution >= 0.6 is 0 Å². The first kappa shape index (κ1) is 15.8. The minimum atomic E-state index is -0.227. The lowest BCUT2D eigenvalue weighted by Gasteiger charge is -2.28. The Bertz CT molecular complexity index is 464. The van der Waals surface area contributed by atoms with Gasteiger partial charge in [-0.3, -0.25) is 4.79 Å². The molecule has 1 aliphatic heterocycles. The van der Waals surface area contributed by atoms with E-state index in [2.05, 4.69) is 17.6 Å². The molecule has 0 aromatic heterocycles. The van der Waals surface area contributed by atoms with Gasteiger partial charge >= 0.3 is 0 Å². The number of hydrogen-bond acceptors (Lipinski definition) is 3. The smallest absolute Gasteiger partial charge is 0.228 e. The van der Waals surface area contributed by atoms with Gasteiger partial charge in [0.1, 0.15) is 5.75 Å². The molecule has 1 amide bonds. The summed E-state index contributed by atoms with van der Waals surface area (Å²) >= 11 is 0. The molecule has 21 heavy (non-hydrogen) atoms. The van der Waals surface area contributed by atoms with Crippen LogP contribution < -0.4 is 15.4 Å². The maximum Gasteiger partial charge on any atom is 0.228 e. The van der Waals surface area contributed by atoms with Crippen LogP contribution in [0.25, 0.3) is 0 Å². The van der Waals surface area contributed by atoms with E-state index in [0.29, 0.717) is 0 Å². The Kier molecular flexibility index (Phi) is 5.23. The van der Waals surface area contributed by atoms with Gasteiger partial charge in [0.2, 0.25) is 5.91 Å². The molecule has 2 rings (SSSR count). The van der Waals surface area contributed by atoms with E-state index in [1.54, 1.807) is 7.11 Å². The summed E-state index contributed by atoms with van der Waals surface area (Å²) in [5, 5.41) is 6.51. The van der Waals surface area contributed by atoms with Crippen molar-refractivity contribution < 1.29 is 9.53 Å². The molecule has 2 N–H and O–H groups in total. The summed E-state index contributed by atoms with van der Waals surface area (Å²) in [7, 11) is 1.65. The minimum absolute atomic E-state index is 0.0118. The maximum absolute atomic E-state index is 12.7. The molecule has 1 saturated heterocycles. The number of rotatable bonds is 6. The molecule has 4 heteroatoms. The van der Waals surface area contributed by atoms with Gasteiger partial charge in [-0.15, -0.1) is 0 Å². The maximum atomic E-state index is 12.7. The standard InChI is InChI=1S/C17H26N2O2/c1-4-9-17(10-11-18-12-17)16(20)19-13(2)14-5-7-15(21-3)8-6-14/h5-8,13,18H,4,9-12H2,1-3H3,(H,19,20)/t13-,17?/m1/s1. The fourth-order valence-corrected chi connectivity index (χ4v) is 3.07. The third kappa shape index (κ3) is 3.56. The quantitative estimate of drug-likeness (QED) is 0.847. The highest BCUT2D eigenvalue weighted by Crippen LogP contribution is 2.32. The van der Waals surface area contributed by atoms with E-state index in [1.165, 1.54) is 0 Å². The highest BCUT2D eigenvalue weighted by molar-refractivity contribution is 5.83. The summed E-state index contributed by atoms with van der Waals surface area (Å²) in [6.45, 7) is 5.90. The molecule has 1 aromatic carbocycles. The van der Waals surface area contributed by atoms with Gasteiger partial charge in [0.15, 0.2) is 0 Å². The van der Waals surface area contributed by atoms with Crippen LogP contribution in [0, 0.1) is 5.41 Å². The van der Waals surface area contributed by atoms with Crippen LogP contribution in [0.15, 0.2) is 24.3 Å². The van der Waals surface area contributed by atoms with Crippen molar-refractivity contribution in [1.82, 2.24) is 10.6 Å². The minimum Gasteiger partial charge on any atom is -0.497 e. The van der Waals surface area contributed by atoms with Crippen LogP contribution in [0.4, 0.5) is 0 Å². The molecule has 1 aliphatic rings. The average Bonchev–Trinajstić information content (AvgIpc) is 2.97. The Morgan fingerprint density at radius 2 is 2.14 bits per heavy atom. The predicted octanol–water partition coefficient (Wildman–Crippen LogP) is 2.65. The second-order valence-electron chi connectivity index (χ2n) is 5.93. The highest BCUT2D eigenvalue weighted by atomic mass is 16.5. The Balaban J connectivity index is 2.03. The van der Waals surface area contributed by atoms with Gasteiger partial charge in [-0.1, -0.05) is 25.5 Å². The van der Waals surface area contributed by atoms with Gasteiger partial charge in [-0.25, -0.2) is 0 Å². The molecule has 1 fully saturated rings. The molecule has 116 valence electrons. The van der Waals surface area contributed by atoms with Crippen LogP contribution in [-0.2, 0) is 4.79 Å². The van der Waals surface area contributed by atoms with Crippen LogP contribution in [0.1, 0.15) is 44.7 Å². The summed E-state index contributed by atoms with van der Waals surface area (Å²) in [6, 6.07) is 7.87. The Morgan fingerprint density at radius 1 is 1.43 bits per heavy atom. The first-order valence-electron chi connectivity index (χ1n) is 7.77. The lowest BCUT2D eigenvalue weighted by Crippen LogP contribution is -2.43. The van der Waals surface area contributed by atoms with Crippen molar-refractivity contribution in [2.24, 2.45) is 5.41 Å². The Morgan fingerprint density at radius 3 is 2.67 bits per heavy atom. The molecule has 0 aliphatic carbocycles. The SMILES string of the molecule is CCCC1(C(=O)N[C@H](C)c2ccc(OC)cc2)CCNC1. The molecular formula is C17H26N2O2. The zero-order valence-electron chi connectivity index (χ0n) is 13.2. The van der Waals surface area contributed by atoms with Crippen molar-refractivity contribution in [3.05, 3.63) is 29.8 Å². The first-order valence-corrected chi connectivity index (χ1v) is 7.77. The molecule has 1 heterocycles. The summed E-state index contributed by atoms with van der Waals surface area (Å²) < 4.78 is 5.16. The van der Waals surface area contributed by atoms with E-state index in [9.17, 15) is 4.79 Å². The number of hydrogen-bond donors (Lipinski definition) is 2. The van der Waals surface area contributed by atoms with Gasteiger partial charge < -0.3 is 15.4 Å². The number of amides is 1. The van der Waals surface area contributed by atoms with Gasteiger partial charge in [0, 0.05) is 6.54 Å². The zero-order valence-corrected chi connectivity index (χ0v) is 13.2. The predicted molar refractivity (Wildman–Crippen MR) is 84.4 cm³/mol. The highest BCUT2D eigenvalue weighted by Gasteiger charge is 2.40. The van der Waals surface area contributed by atoms with Crippen molar-refractivity contribution >= 4 is 5.91 Å². The van der Waals surface area contributed by atoms with Crippen LogP contribution in [0.2, 0.25) is 0 Å². The average molecular weight is 290 g/mol. The van der Waals surface area contributed by atoms with E-state index < -0.39 is 0 Å². The lowest BCUT2D eigenvalue weighted by molar-refractivity contribution is -0.131. The largest absolute Gasteiger partial charge is 0.497 e. The van der Waals surface area contributed by atoms with Crippen molar-refractivity contribution in [3.63, 3.8) is 0 Å². The van der Waals surface area contributed by atoms with Crippen molar-refractivity contribution in [1.29, 1.82) is 0 Å². The zero-order chi connectivity index (χ0) is 15.3. The summed E-state index contributed by atoms with van der Waals surface area (Å²) in [4.78, 5) is 12.7. The number of methoxy groups -OCH3 is 1. The van der Waals surface area contributed by atoms with Crippen LogP contribution in [0.5, 0.6) is 5.75 Å². The van der Waals surface area contributed by atoms with E-state index in [4.69, 9.17) is 4.74 Å². The third-order valence-corrected chi connectivity index (χ3v) is 4.42. The van der Waals surface area contributed by atoms with Gasteiger partial charge in [-0.05, 0) is 44.0 Å². The normalized spacial score (nSPS) is 22.8. The molecule has 2 atom stereocenters. The van der Waals surface area contributed by atoms with Crippen LogP contribution in [0.3, 0.4) is 0 Å². The monoisotopic (exact) mass is 290 g/mol. The summed E-state index contributed by atoms with van der Waals surface area (Å²) in [5.41, 5.74) is 0.872. The lowest BCUT2D eigenvalue weighted by atomic mass is 9.81. The van der Waals surface area contributed by atoms with Crippen molar-refractivity contribution in [2.75, 3.05) is 20.2 Å². The van der Waals surface area contributed by atoms with Crippen LogP contribution in [-0.4, -0.2) is 26.1 Å². The number of nitrogens with one attached hydrogen (secondary N) is 2. The molecule has 0 spiro atoms. The number of ether oxygens (including phenoxy) is 1. The number of benzene rings is 1. The van der Waals surface area contributed by atoms with Gasteiger partial charge in [-0.2, -0.15) is 0 Å². The first-order chi connectivity index (χ1) is 10.1. The Hall–Kier alpha value is -1.55. The fraction of sp³-hybridized carbons (Fsp3) is 0.588. The number of carbonyl (C=O) groups excluding carboxylic acids is 1. The van der Waals surface area contributed by atoms with Crippen molar-refractivity contribution in [2.45, 2.75) is 39.2 Å². The second-order valence-corrected chi connectivity index (χ2v) is 5.93. The number of carbonyl (C=O) groups is 1. The molecule has 0 saturated carbocycles. The molecule has 0 radical (unpaired) electrons. The van der Waals surface area contributed by atoms with E-state index in [1.807, 2.05) is 31.2 Å². The molecular weight excluding hydrogens is 264 g/mol. The summed E-state index contributed by atoms with van der Waals surface area (Å²) in [5.74, 6) is 1.01. The van der Waals surface area contributed by atoms with Crippen molar-refractivity contribution in [3.8, 4) is 5.75 Å². The van der Waals surface area contributed by atoms with Gasteiger partial charge in [0.05, 0.1) is 18.6 Å². The molecule has 0 bridgehead atoms. The van der Waals surface area contributed by atoms with E-state index in [-0.39, 0.29) is 17.4 Å². The third-order valence-electron chi connectivity index (χ3n) is 4.42. The summed E-state index contributed by atoms with van der Waals surface area (Å²) in [6.07, 6.45) is 2.91.